The maximum Gasteiger partial charge on any atom is 0.290 e. The van der Waals surface area contributed by atoms with E-state index in [1.54, 1.807) is 23.6 Å². The fourth-order valence-corrected chi connectivity index (χ4v) is 3.53. The number of amides is 1. The lowest BCUT2D eigenvalue weighted by Gasteiger charge is -2.25. The van der Waals surface area contributed by atoms with E-state index in [0.717, 1.165) is 11.1 Å². The Bertz CT molecular complexity index is 819. The normalized spacial score (nSPS) is 17.5. The highest BCUT2D eigenvalue weighted by atomic mass is 32.1. The number of aliphatic hydroxyl groups excluding tert-OH is 1. The van der Waals surface area contributed by atoms with Gasteiger partial charge in [0.1, 0.15) is 0 Å². The van der Waals surface area contributed by atoms with Gasteiger partial charge in [-0.2, -0.15) is 0 Å². The molecule has 3 rings (SSSR count). The van der Waals surface area contributed by atoms with Crippen molar-refractivity contribution in [2.75, 3.05) is 6.54 Å². The van der Waals surface area contributed by atoms with E-state index in [1.807, 2.05) is 31.2 Å². The Morgan fingerprint density at radius 1 is 1.33 bits per heavy atom. The number of aliphatic hydroxyl groups is 1. The van der Waals surface area contributed by atoms with E-state index in [4.69, 9.17) is 0 Å². The molecule has 0 radical (unpaired) electrons. The van der Waals surface area contributed by atoms with E-state index in [0.29, 0.717) is 4.88 Å². The van der Waals surface area contributed by atoms with Gasteiger partial charge < -0.3 is 10.0 Å². The van der Waals surface area contributed by atoms with Gasteiger partial charge >= 0.3 is 0 Å². The number of rotatable bonds is 5. The number of carbonyl (C=O) groups is 2. The Morgan fingerprint density at radius 2 is 2.04 bits per heavy atom. The number of thiophene rings is 1. The standard InChI is InChI=1S/C19H17NO3S/c1-3-10-20-16(13-8-6-12(2)7-9-13)15(18(22)19(20)23)17(21)14-5-4-11-24-14/h3-9,11,16,22H,1,10H2,2H3/t16-/m1/s1. The second-order valence-corrected chi connectivity index (χ2v) is 6.58. The molecule has 0 unspecified atom stereocenters. The van der Waals surface area contributed by atoms with Gasteiger partial charge in [-0.3, -0.25) is 9.59 Å². The summed E-state index contributed by atoms with van der Waals surface area (Å²) in [7, 11) is 0. The SMILES string of the molecule is C=CCN1C(=O)C(O)=C(C(=O)c2cccs2)[C@H]1c1ccc(C)cc1. The van der Waals surface area contributed by atoms with Crippen LogP contribution in [0.2, 0.25) is 0 Å². The molecule has 2 heterocycles. The lowest BCUT2D eigenvalue weighted by atomic mass is 9.95. The number of carbonyl (C=O) groups excluding carboxylic acids is 2. The van der Waals surface area contributed by atoms with Crippen molar-refractivity contribution in [1.82, 2.24) is 4.90 Å². The van der Waals surface area contributed by atoms with E-state index < -0.39 is 17.7 Å². The molecule has 1 aromatic carbocycles. The lowest BCUT2D eigenvalue weighted by Crippen LogP contribution is -2.31. The number of hydrogen-bond donors (Lipinski definition) is 1. The fraction of sp³-hybridized carbons (Fsp3) is 0.158. The number of hydrogen-bond acceptors (Lipinski definition) is 4. The summed E-state index contributed by atoms with van der Waals surface area (Å²) < 4.78 is 0. The van der Waals surface area contributed by atoms with Crippen LogP contribution in [0.25, 0.3) is 0 Å². The van der Waals surface area contributed by atoms with Crippen molar-refractivity contribution in [3.05, 3.63) is 81.8 Å². The van der Waals surface area contributed by atoms with Crippen LogP contribution in [0.4, 0.5) is 0 Å². The predicted octanol–water partition coefficient (Wildman–Crippen LogP) is 3.82. The molecule has 0 fully saturated rings. The highest BCUT2D eigenvalue weighted by Crippen LogP contribution is 2.39. The number of nitrogens with zero attached hydrogens (tertiary/aromatic N) is 1. The highest BCUT2D eigenvalue weighted by Gasteiger charge is 2.43. The summed E-state index contributed by atoms with van der Waals surface area (Å²) in [6, 6.07) is 10.5. The van der Waals surface area contributed by atoms with Crippen LogP contribution in [0.5, 0.6) is 0 Å². The summed E-state index contributed by atoms with van der Waals surface area (Å²) >= 11 is 1.29. The molecule has 122 valence electrons. The van der Waals surface area contributed by atoms with Crippen molar-refractivity contribution >= 4 is 23.0 Å². The summed E-state index contributed by atoms with van der Waals surface area (Å²) in [6.07, 6.45) is 1.59. The fourth-order valence-electron chi connectivity index (χ4n) is 2.85. The van der Waals surface area contributed by atoms with E-state index in [1.165, 1.54) is 16.2 Å². The Balaban J connectivity index is 2.11. The maximum atomic E-state index is 12.9. The molecule has 1 atom stereocenters. The van der Waals surface area contributed by atoms with E-state index in [9.17, 15) is 14.7 Å². The third-order valence-electron chi connectivity index (χ3n) is 4.01. The first-order chi connectivity index (χ1) is 11.5. The van der Waals surface area contributed by atoms with E-state index in [2.05, 4.69) is 6.58 Å². The Kier molecular flexibility index (Phi) is 4.36. The van der Waals surface area contributed by atoms with Crippen LogP contribution >= 0.6 is 11.3 Å². The number of aryl methyl sites for hydroxylation is 1. The first kappa shape index (κ1) is 16.2. The Hall–Kier alpha value is -2.66. The average Bonchev–Trinajstić information content (AvgIpc) is 3.19. The molecular weight excluding hydrogens is 322 g/mol. The van der Waals surface area contributed by atoms with Gasteiger partial charge in [0, 0.05) is 6.54 Å². The smallest absolute Gasteiger partial charge is 0.290 e. The van der Waals surface area contributed by atoms with Gasteiger partial charge in [-0.15, -0.1) is 17.9 Å². The van der Waals surface area contributed by atoms with Crippen molar-refractivity contribution in [2.45, 2.75) is 13.0 Å². The minimum Gasteiger partial charge on any atom is -0.503 e. The van der Waals surface area contributed by atoms with Crippen molar-refractivity contribution < 1.29 is 14.7 Å². The molecule has 1 N–H and O–H groups in total. The largest absolute Gasteiger partial charge is 0.503 e. The number of benzene rings is 1. The minimum absolute atomic E-state index is 0.133. The van der Waals surface area contributed by atoms with Crippen molar-refractivity contribution in [1.29, 1.82) is 0 Å². The summed E-state index contributed by atoms with van der Waals surface area (Å²) in [5.41, 5.74) is 2.01. The van der Waals surface area contributed by atoms with Crippen LogP contribution in [-0.2, 0) is 4.79 Å². The molecule has 1 amide bonds. The number of Topliss-reactive ketones (excluding diaryl/α,β-unsaturated/α-hetero) is 1. The van der Waals surface area contributed by atoms with E-state index >= 15 is 0 Å². The molecule has 4 nitrogen and oxygen atoms in total. The van der Waals surface area contributed by atoms with Crippen LogP contribution in [0.15, 0.2) is 65.8 Å². The topological polar surface area (TPSA) is 57.6 Å². The van der Waals surface area contributed by atoms with Gasteiger partial charge in [-0.25, -0.2) is 0 Å². The highest BCUT2D eigenvalue weighted by molar-refractivity contribution is 7.12. The predicted molar refractivity (Wildman–Crippen MR) is 94.1 cm³/mol. The van der Waals surface area contributed by atoms with Crippen LogP contribution in [-0.4, -0.2) is 28.2 Å². The lowest BCUT2D eigenvalue weighted by molar-refractivity contribution is -0.128. The average molecular weight is 339 g/mol. The molecule has 2 aromatic rings. The van der Waals surface area contributed by atoms with E-state index in [-0.39, 0.29) is 17.9 Å². The van der Waals surface area contributed by atoms with Gasteiger partial charge in [0.25, 0.3) is 5.91 Å². The third-order valence-corrected chi connectivity index (χ3v) is 4.88. The van der Waals surface area contributed by atoms with Gasteiger partial charge in [0.2, 0.25) is 5.78 Å². The maximum absolute atomic E-state index is 12.9. The van der Waals surface area contributed by atoms with Crippen molar-refractivity contribution in [3.63, 3.8) is 0 Å². The summed E-state index contributed by atoms with van der Waals surface area (Å²) in [4.78, 5) is 27.3. The monoisotopic (exact) mass is 339 g/mol. The summed E-state index contributed by atoms with van der Waals surface area (Å²) in [5, 5.41) is 12.1. The molecule has 0 aliphatic carbocycles. The minimum atomic E-state index is -0.606. The van der Waals surface area contributed by atoms with Gasteiger partial charge in [0.05, 0.1) is 16.5 Å². The quantitative estimate of drug-likeness (QED) is 0.665. The molecule has 24 heavy (non-hydrogen) atoms. The van der Waals surface area contributed by atoms with Gasteiger partial charge in [-0.05, 0) is 23.9 Å². The third kappa shape index (κ3) is 2.67. The molecule has 0 bridgehead atoms. The van der Waals surface area contributed by atoms with Crippen molar-refractivity contribution in [3.8, 4) is 0 Å². The summed E-state index contributed by atoms with van der Waals surface area (Å²) in [5.74, 6) is -1.32. The second-order valence-electron chi connectivity index (χ2n) is 5.63. The van der Waals surface area contributed by atoms with Gasteiger partial charge in [0.15, 0.2) is 5.76 Å². The molecule has 1 aliphatic rings. The summed E-state index contributed by atoms with van der Waals surface area (Å²) in [6.45, 7) is 5.89. The van der Waals surface area contributed by atoms with Crippen LogP contribution in [0.1, 0.15) is 26.8 Å². The molecular formula is C19H17NO3S. The van der Waals surface area contributed by atoms with Crippen LogP contribution in [0.3, 0.4) is 0 Å². The Morgan fingerprint density at radius 3 is 2.62 bits per heavy atom. The molecule has 1 aliphatic heterocycles. The van der Waals surface area contributed by atoms with Crippen LogP contribution in [0, 0.1) is 6.92 Å². The second kappa shape index (κ2) is 6.45. The number of ketones is 1. The van der Waals surface area contributed by atoms with Crippen molar-refractivity contribution in [2.24, 2.45) is 0 Å². The van der Waals surface area contributed by atoms with Gasteiger partial charge in [-0.1, -0.05) is 42.0 Å². The molecule has 0 saturated heterocycles. The zero-order chi connectivity index (χ0) is 17.3. The zero-order valence-corrected chi connectivity index (χ0v) is 14.0. The Labute approximate surface area is 144 Å². The molecule has 1 aromatic heterocycles. The first-order valence-electron chi connectivity index (χ1n) is 7.54. The first-order valence-corrected chi connectivity index (χ1v) is 8.42. The zero-order valence-electron chi connectivity index (χ0n) is 13.2. The molecule has 5 heteroatoms. The van der Waals surface area contributed by atoms with Crippen LogP contribution < -0.4 is 0 Å². The molecule has 0 spiro atoms. The molecule has 0 saturated carbocycles.